The molecule has 0 aliphatic carbocycles. The van der Waals surface area contributed by atoms with Crippen molar-refractivity contribution in [3.8, 4) is 0 Å². The van der Waals surface area contributed by atoms with Gasteiger partial charge in [0.25, 0.3) is 0 Å². The molecular weight excluding hydrogens is 336 g/mol. The van der Waals surface area contributed by atoms with Gasteiger partial charge in [0.1, 0.15) is 0 Å². The van der Waals surface area contributed by atoms with Crippen LogP contribution in [0, 0.1) is 0 Å². The van der Waals surface area contributed by atoms with Crippen molar-refractivity contribution < 1.29 is 14.3 Å². The van der Waals surface area contributed by atoms with Gasteiger partial charge in [0, 0.05) is 32.4 Å². The number of aromatic nitrogens is 1. The molecule has 3 N–H and O–H groups in total. The van der Waals surface area contributed by atoms with Gasteiger partial charge in [0.05, 0.1) is 25.0 Å². The fourth-order valence-electron chi connectivity index (χ4n) is 2.62. The molecule has 0 spiro atoms. The summed E-state index contributed by atoms with van der Waals surface area (Å²) >= 11 is 0. The molecule has 9 nitrogen and oxygen atoms in total. The lowest BCUT2D eigenvalue weighted by atomic mass is 10.1. The van der Waals surface area contributed by atoms with E-state index >= 15 is 0 Å². The molecule has 2 rings (SSSR count). The number of likely N-dealkylation sites (tertiary alicyclic amines) is 1. The van der Waals surface area contributed by atoms with Gasteiger partial charge in [-0.25, -0.2) is 4.79 Å². The van der Waals surface area contributed by atoms with Crippen molar-refractivity contribution in [3.05, 3.63) is 24.5 Å². The molecule has 0 atom stereocenters. The van der Waals surface area contributed by atoms with Crippen molar-refractivity contribution in [2.45, 2.75) is 25.8 Å². The molecule has 142 valence electrons. The lowest BCUT2D eigenvalue weighted by Crippen LogP contribution is -2.50. The van der Waals surface area contributed by atoms with Crippen LogP contribution in [0.3, 0.4) is 0 Å². The Morgan fingerprint density at radius 3 is 2.77 bits per heavy atom. The highest BCUT2D eigenvalue weighted by Gasteiger charge is 2.24. The molecule has 1 aromatic rings. The van der Waals surface area contributed by atoms with Gasteiger partial charge in [-0.05, 0) is 31.9 Å². The lowest BCUT2D eigenvalue weighted by molar-refractivity contribution is -0.115. The zero-order valence-electron chi connectivity index (χ0n) is 15.2. The first-order valence-electron chi connectivity index (χ1n) is 8.71. The molecule has 0 aromatic carbocycles. The number of aliphatic imine (C=N–C) groups is 1. The summed E-state index contributed by atoms with van der Waals surface area (Å²) in [6.45, 7) is 3.54. The number of hydrogen-bond donors (Lipinski definition) is 3. The Morgan fingerprint density at radius 2 is 2.15 bits per heavy atom. The van der Waals surface area contributed by atoms with Gasteiger partial charge >= 0.3 is 6.09 Å². The molecule has 2 amide bonds. The van der Waals surface area contributed by atoms with Crippen molar-refractivity contribution >= 4 is 23.6 Å². The van der Waals surface area contributed by atoms with E-state index in [0.717, 1.165) is 12.8 Å². The minimum absolute atomic E-state index is 0.0935. The summed E-state index contributed by atoms with van der Waals surface area (Å²) in [6, 6.07) is 3.72. The maximum absolute atomic E-state index is 12.0. The minimum Gasteiger partial charge on any atom is -0.450 e. The highest BCUT2D eigenvalue weighted by Crippen LogP contribution is 2.11. The Bertz CT molecular complexity index is 614. The zero-order chi connectivity index (χ0) is 18.8. The van der Waals surface area contributed by atoms with E-state index in [4.69, 9.17) is 4.74 Å². The van der Waals surface area contributed by atoms with E-state index in [-0.39, 0.29) is 24.6 Å². The first-order chi connectivity index (χ1) is 12.6. The number of guanidine groups is 1. The second-order valence-electron chi connectivity index (χ2n) is 5.82. The third kappa shape index (κ3) is 6.23. The molecule has 2 heterocycles. The number of hydrogen-bond acceptors (Lipinski definition) is 5. The van der Waals surface area contributed by atoms with Crippen LogP contribution in [0.15, 0.2) is 29.5 Å². The van der Waals surface area contributed by atoms with Gasteiger partial charge in [0.15, 0.2) is 5.96 Å². The molecular formula is C17H26N6O3. The van der Waals surface area contributed by atoms with Crippen LogP contribution in [0.4, 0.5) is 10.5 Å². The molecule has 1 fully saturated rings. The summed E-state index contributed by atoms with van der Waals surface area (Å²) in [7, 11) is 1.65. The SMILES string of the molecule is CCOC(=O)N1CCC(NC(=NC)NCC(=O)Nc2cccnc2)CC1. The van der Waals surface area contributed by atoms with Crippen LogP contribution in [-0.4, -0.2) is 67.2 Å². The number of carbonyl (C=O) groups excluding carboxylic acids is 2. The molecule has 1 saturated heterocycles. The molecule has 26 heavy (non-hydrogen) atoms. The fourth-order valence-corrected chi connectivity index (χ4v) is 2.62. The third-order valence-corrected chi connectivity index (χ3v) is 3.95. The number of piperidine rings is 1. The Labute approximate surface area is 153 Å². The van der Waals surface area contributed by atoms with Gasteiger partial charge < -0.3 is 25.6 Å². The average Bonchev–Trinajstić information content (AvgIpc) is 2.66. The number of amides is 2. The second kappa shape index (κ2) is 10.2. The van der Waals surface area contributed by atoms with Crippen LogP contribution in [-0.2, 0) is 9.53 Å². The number of pyridine rings is 1. The Balaban J connectivity index is 1.71. The maximum atomic E-state index is 12.0. The lowest BCUT2D eigenvalue weighted by Gasteiger charge is -2.32. The Kier molecular flexibility index (Phi) is 7.66. The summed E-state index contributed by atoms with van der Waals surface area (Å²) in [5.74, 6) is 0.374. The molecule has 1 aliphatic rings. The summed E-state index contributed by atoms with van der Waals surface area (Å²) in [4.78, 5) is 33.5. The number of rotatable bonds is 5. The topological polar surface area (TPSA) is 108 Å². The summed E-state index contributed by atoms with van der Waals surface area (Å²) in [6.07, 6.45) is 4.55. The number of nitrogens with zero attached hydrogens (tertiary/aromatic N) is 3. The van der Waals surface area contributed by atoms with E-state index in [1.54, 1.807) is 43.4 Å². The summed E-state index contributed by atoms with van der Waals surface area (Å²) in [5, 5.41) is 9.03. The zero-order valence-corrected chi connectivity index (χ0v) is 15.2. The average molecular weight is 362 g/mol. The first kappa shape index (κ1) is 19.5. The number of carbonyl (C=O) groups is 2. The molecule has 9 heteroatoms. The van der Waals surface area contributed by atoms with E-state index in [9.17, 15) is 9.59 Å². The molecule has 0 saturated carbocycles. The molecule has 1 aromatic heterocycles. The number of ether oxygens (including phenoxy) is 1. The summed E-state index contributed by atoms with van der Waals surface area (Å²) < 4.78 is 5.01. The number of nitrogens with one attached hydrogen (secondary N) is 3. The van der Waals surface area contributed by atoms with Crippen molar-refractivity contribution in [3.63, 3.8) is 0 Å². The van der Waals surface area contributed by atoms with Crippen LogP contribution in [0.2, 0.25) is 0 Å². The predicted octanol–water partition coefficient (Wildman–Crippen LogP) is 0.806. The molecule has 0 bridgehead atoms. The number of anilines is 1. The van der Waals surface area contributed by atoms with E-state index in [2.05, 4.69) is 25.9 Å². The third-order valence-electron chi connectivity index (χ3n) is 3.95. The monoisotopic (exact) mass is 362 g/mol. The normalized spacial score (nSPS) is 15.3. The van der Waals surface area contributed by atoms with Gasteiger partial charge in [-0.1, -0.05) is 0 Å². The smallest absolute Gasteiger partial charge is 0.409 e. The highest BCUT2D eigenvalue weighted by atomic mass is 16.6. The highest BCUT2D eigenvalue weighted by molar-refractivity contribution is 5.94. The van der Waals surface area contributed by atoms with Crippen molar-refractivity contribution in [2.75, 3.05) is 38.6 Å². The quantitative estimate of drug-likeness (QED) is 0.528. The van der Waals surface area contributed by atoms with E-state index in [0.29, 0.717) is 31.3 Å². The summed E-state index contributed by atoms with van der Waals surface area (Å²) in [5.41, 5.74) is 0.647. The van der Waals surface area contributed by atoms with E-state index in [1.807, 2.05) is 0 Å². The van der Waals surface area contributed by atoms with Gasteiger partial charge in [0.2, 0.25) is 5.91 Å². The molecule has 1 aliphatic heterocycles. The van der Waals surface area contributed by atoms with Crippen LogP contribution in [0.25, 0.3) is 0 Å². The van der Waals surface area contributed by atoms with Crippen LogP contribution < -0.4 is 16.0 Å². The van der Waals surface area contributed by atoms with Gasteiger partial charge in [-0.2, -0.15) is 0 Å². The fraction of sp³-hybridized carbons (Fsp3) is 0.529. The van der Waals surface area contributed by atoms with E-state index < -0.39 is 0 Å². The van der Waals surface area contributed by atoms with Crippen LogP contribution >= 0.6 is 0 Å². The largest absolute Gasteiger partial charge is 0.450 e. The Hall–Kier alpha value is -2.84. The van der Waals surface area contributed by atoms with Crippen molar-refractivity contribution in [1.29, 1.82) is 0 Å². The van der Waals surface area contributed by atoms with E-state index in [1.165, 1.54) is 0 Å². The Morgan fingerprint density at radius 1 is 1.38 bits per heavy atom. The minimum atomic E-state index is -0.263. The molecule has 0 radical (unpaired) electrons. The van der Waals surface area contributed by atoms with Crippen molar-refractivity contribution in [2.24, 2.45) is 4.99 Å². The van der Waals surface area contributed by atoms with Crippen LogP contribution in [0.5, 0.6) is 0 Å². The predicted molar refractivity (Wildman–Crippen MR) is 99.0 cm³/mol. The van der Waals surface area contributed by atoms with Crippen LogP contribution in [0.1, 0.15) is 19.8 Å². The second-order valence-corrected chi connectivity index (χ2v) is 5.82. The van der Waals surface area contributed by atoms with Gasteiger partial charge in [-0.15, -0.1) is 0 Å². The standard InChI is InChI=1S/C17H26N6O3/c1-3-26-17(25)23-9-6-13(7-10-23)22-16(18-2)20-12-15(24)21-14-5-4-8-19-11-14/h4-5,8,11,13H,3,6-7,9-10,12H2,1-2H3,(H,21,24)(H2,18,20,22). The maximum Gasteiger partial charge on any atom is 0.409 e. The molecule has 0 unspecified atom stereocenters. The van der Waals surface area contributed by atoms with Crippen molar-refractivity contribution in [1.82, 2.24) is 20.5 Å². The first-order valence-corrected chi connectivity index (χ1v) is 8.71. The van der Waals surface area contributed by atoms with Gasteiger partial charge in [-0.3, -0.25) is 14.8 Å².